The number of anilines is 1. The minimum absolute atomic E-state index is 0.0284. The number of piperidine rings is 1. The van der Waals surface area contributed by atoms with Crippen molar-refractivity contribution < 1.29 is 9.59 Å². The molecule has 1 saturated heterocycles. The average Bonchev–Trinajstić information content (AvgIpc) is 2.75. The maximum absolute atomic E-state index is 12.7. The van der Waals surface area contributed by atoms with Crippen LogP contribution in [-0.2, 0) is 4.79 Å². The van der Waals surface area contributed by atoms with Gasteiger partial charge in [-0.05, 0) is 36.5 Å². The summed E-state index contributed by atoms with van der Waals surface area (Å²) >= 11 is 0. The highest BCUT2D eigenvalue weighted by Crippen LogP contribution is 2.24. The molecular weight excluding hydrogens is 362 g/mol. The molecule has 1 fully saturated rings. The minimum Gasteiger partial charge on any atom is -0.355 e. The predicted molar refractivity (Wildman–Crippen MR) is 117 cm³/mol. The van der Waals surface area contributed by atoms with Gasteiger partial charge in [-0.1, -0.05) is 62.4 Å². The van der Waals surface area contributed by atoms with Crippen molar-refractivity contribution in [2.45, 2.75) is 32.6 Å². The summed E-state index contributed by atoms with van der Waals surface area (Å²) in [5.41, 5.74) is 2.05. The Morgan fingerprint density at radius 3 is 2.14 bits per heavy atom. The quantitative estimate of drug-likeness (QED) is 0.760. The molecule has 0 radical (unpaired) electrons. The Labute approximate surface area is 173 Å². The maximum atomic E-state index is 12.7. The van der Waals surface area contributed by atoms with E-state index in [1.54, 1.807) is 4.90 Å². The molecule has 1 heterocycles. The van der Waals surface area contributed by atoms with Crippen LogP contribution in [0.4, 0.5) is 10.5 Å². The molecule has 2 N–H and O–H groups in total. The van der Waals surface area contributed by atoms with Crippen molar-refractivity contribution in [3.63, 3.8) is 0 Å². The van der Waals surface area contributed by atoms with E-state index >= 15 is 0 Å². The molecule has 3 rings (SSSR count). The number of benzene rings is 2. The van der Waals surface area contributed by atoms with Crippen molar-refractivity contribution in [2.24, 2.45) is 11.8 Å². The molecule has 1 unspecified atom stereocenters. The molecule has 0 spiro atoms. The molecule has 2 aromatic rings. The zero-order valence-electron chi connectivity index (χ0n) is 17.3. The number of nitrogens with zero attached hydrogens (tertiary/aromatic N) is 1. The van der Waals surface area contributed by atoms with E-state index in [-0.39, 0.29) is 17.9 Å². The summed E-state index contributed by atoms with van der Waals surface area (Å²) in [6.45, 7) is 6.22. The number of likely N-dealkylation sites (tertiary alicyclic amines) is 1. The second kappa shape index (κ2) is 10.1. The fourth-order valence-corrected chi connectivity index (χ4v) is 3.86. The molecule has 2 aromatic carbocycles. The van der Waals surface area contributed by atoms with Crippen LogP contribution in [0.2, 0.25) is 0 Å². The number of urea groups is 1. The summed E-state index contributed by atoms with van der Waals surface area (Å²) in [6, 6.07) is 19.7. The number of hydrogen-bond acceptors (Lipinski definition) is 2. The van der Waals surface area contributed by atoms with Crippen LogP contribution in [0.5, 0.6) is 0 Å². The summed E-state index contributed by atoms with van der Waals surface area (Å²) in [7, 11) is 0. The summed E-state index contributed by atoms with van der Waals surface area (Å²) in [5.74, 6) is 0.826. The summed E-state index contributed by atoms with van der Waals surface area (Å²) in [6.07, 6.45) is 1.40. The first-order valence-corrected chi connectivity index (χ1v) is 10.5. The number of para-hydroxylation sites is 1. The molecule has 5 heteroatoms. The lowest BCUT2D eigenvalue weighted by molar-refractivity contribution is -0.126. The van der Waals surface area contributed by atoms with Crippen molar-refractivity contribution in [1.29, 1.82) is 0 Å². The molecule has 1 atom stereocenters. The smallest absolute Gasteiger partial charge is 0.321 e. The lowest BCUT2D eigenvalue weighted by atomic mass is 9.88. The normalized spacial score (nSPS) is 15.8. The monoisotopic (exact) mass is 393 g/mol. The summed E-state index contributed by atoms with van der Waals surface area (Å²) in [4.78, 5) is 26.9. The van der Waals surface area contributed by atoms with Crippen molar-refractivity contribution in [3.05, 3.63) is 66.2 Å². The molecule has 1 aliphatic rings. The third kappa shape index (κ3) is 5.83. The number of carbonyl (C=O) groups is 2. The summed E-state index contributed by atoms with van der Waals surface area (Å²) in [5, 5.41) is 6.07. The van der Waals surface area contributed by atoms with Crippen LogP contribution in [0.1, 0.15) is 38.2 Å². The molecule has 5 nitrogen and oxygen atoms in total. The molecule has 0 aromatic heterocycles. The SMILES string of the molecule is CC(C)C(CNC(=O)C1CCN(C(=O)Nc2ccccc2)CC1)c1ccccc1. The largest absolute Gasteiger partial charge is 0.355 e. The van der Waals surface area contributed by atoms with Crippen molar-refractivity contribution >= 4 is 17.6 Å². The van der Waals surface area contributed by atoms with Gasteiger partial charge in [0.2, 0.25) is 5.91 Å². The van der Waals surface area contributed by atoms with Gasteiger partial charge >= 0.3 is 6.03 Å². The molecule has 0 bridgehead atoms. The number of nitrogens with one attached hydrogen (secondary N) is 2. The topological polar surface area (TPSA) is 61.4 Å². The van der Waals surface area contributed by atoms with Gasteiger partial charge in [0, 0.05) is 37.2 Å². The Morgan fingerprint density at radius 1 is 0.966 bits per heavy atom. The molecule has 3 amide bonds. The standard InChI is InChI=1S/C24H31N3O2/c1-18(2)22(19-9-5-3-6-10-19)17-25-23(28)20-13-15-27(16-14-20)24(29)26-21-11-7-4-8-12-21/h3-12,18,20,22H,13-17H2,1-2H3,(H,25,28)(H,26,29). The van der Waals surface area contributed by atoms with Gasteiger partial charge < -0.3 is 15.5 Å². The van der Waals surface area contributed by atoms with Gasteiger partial charge in [0.15, 0.2) is 0 Å². The zero-order chi connectivity index (χ0) is 20.6. The van der Waals surface area contributed by atoms with Gasteiger partial charge in [0.05, 0.1) is 0 Å². The Hall–Kier alpha value is -2.82. The van der Waals surface area contributed by atoms with Crippen molar-refractivity contribution in [1.82, 2.24) is 10.2 Å². The fourth-order valence-electron chi connectivity index (χ4n) is 3.86. The third-order valence-electron chi connectivity index (χ3n) is 5.71. The average molecular weight is 394 g/mol. The Balaban J connectivity index is 1.46. The van der Waals surface area contributed by atoms with E-state index < -0.39 is 0 Å². The zero-order valence-corrected chi connectivity index (χ0v) is 17.3. The van der Waals surface area contributed by atoms with Crippen LogP contribution in [0.3, 0.4) is 0 Å². The highest BCUT2D eigenvalue weighted by Gasteiger charge is 2.28. The van der Waals surface area contributed by atoms with Crippen LogP contribution < -0.4 is 10.6 Å². The van der Waals surface area contributed by atoms with Gasteiger partial charge in [-0.15, -0.1) is 0 Å². The number of hydrogen-bond donors (Lipinski definition) is 2. The number of carbonyl (C=O) groups excluding carboxylic acids is 2. The van der Waals surface area contributed by atoms with E-state index in [0.717, 1.165) is 5.69 Å². The van der Waals surface area contributed by atoms with Crippen LogP contribution in [-0.4, -0.2) is 36.5 Å². The van der Waals surface area contributed by atoms with E-state index in [1.165, 1.54) is 5.56 Å². The van der Waals surface area contributed by atoms with E-state index in [9.17, 15) is 9.59 Å². The van der Waals surface area contributed by atoms with E-state index in [4.69, 9.17) is 0 Å². The van der Waals surface area contributed by atoms with Crippen molar-refractivity contribution in [3.8, 4) is 0 Å². The number of amides is 3. The van der Waals surface area contributed by atoms with Gasteiger partial charge in [-0.3, -0.25) is 4.79 Å². The Morgan fingerprint density at radius 2 is 1.55 bits per heavy atom. The second-order valence-corrected chi connectivity index (χ2v) is 8.06. The highest BCUT2D eigenvalue weighted by molar-refractivity contribution is 5.89. The number of rotatable bonds is 6. The van der Waals surface area contributed by atoms with Gasteiger partial charge in [-0.2, -0.15) is 0 Å². The second-order valence-electron chi connectivity index (χ2n) is 8.06. The van der Waals surface area contributed by atoms with E-state index in [1.807, 2.05) is 48.5 Å². The molecular formula is C24H31N3O2. The first-order chi connectivity index (χ1) is 14.0. The lowest BCUT2D eigenvalue weighted by Crippen LogP contribution is -2.45. The van der Waals surface area contributed by atoms with Crippen LogP contribution in [0.25, 0.3) is 0 Å². The molecule has 154 valence electrons. The van der Waals surface area contributed by atoms with E-state index in [0.29, 0.717) is 44.3 Å². The first kappa shape index (κ1) is 20.9. The van der Waals surface area contributed by atoms with Crippen LogP contribution >= 0.6 is 0 Å². The molecule has 29 heavy (non-hydrogen) atoms. The van der Waals surface area contributed by atoms with Crippen molar-refractivity contribution in [2.75, 3.05) is 25.0 Å². The molecule has 0 aliphatic carbocycles. The predicted octanol–water partition coefficient (Wildman–Crippen LogP) is 4.49. The molecule has 1 aliphatic heterocycles. The highest BCUT2D eigenvalue weighted by atomic mass is 16.2. The lowest BCUT2D eigenvalue weighted by Gasteiger charge is -2.32. The summed E-state index contributed by atoms with van der Waals surface area (Å²) < 4.78 is 0. The first-order valence-electron chi connectivity index (χ1n) is 10.5. The molecule has 0 saturated carbocycles. The van der Waals surface area contributed by atoms with Crippen LogP contribution in [0, 0.1) is 11.8 Å². The van der Waals surface area contributed by atoms with Gasteiger partial charge in [0.1, 0.15) is 0 Å². The Bertz CT molecular complexity index is 784. The van der Waals surface area contributed by atoms with E-state index in [2.05, 4.69) is 36.6 Å². The third-order valence-corrected chi connectivity index (χ3v) is 5.71. The minimum atomic E-state index is -0.0981. The van der Waals surface area contributed by atoms with Gasteiger partial charge in [-0.25, -0.2) is 4.79 Å². The van der Waals surface area contributed by atoms with Crippen LogP contribution in [0.15, 0.2) is 60.7 Å². The van der Waals surface area contributed by atoms with Gasteiger partial charge in [0.25, 0.3) is 0 Å². The fraction of sp³-hybridized carbons (Fsp3) is 0.417. The maximum Gasteiger partial charge on any atom is 0.321 e. The Kier molecular flexibility index (Phi) is 7.28.